The number of amides is 1. The van der Waals surface area contributed by atoms with Gasteiger partial charge in [-0.25, -0.2) is 13.8 Å². The Hall–Kier alpha value is -2.02. The average Bonchev–Trinajstić information content (AvgIpc) is 3.09. The lowest BCUT2D eigenvalue weighted by molar-refractivity contribution is -0.0457. The van der Waals surface area contributed by atoms with E-state index in [-0.39, 0.29) is 36.6 Å². The molecule has 0 spiro atoms. The number of hydrogen-bond acceptors (Lipinski definition) is 3. The van der Waals surface area contributed by atoms with Gasteiger partial charge in [-0.1, -0.05) is 13.8 Å². The number of nitrogens with zero attached hydrogens (tertiary/aromatic N) is 2. The number of alkyl halides is 2. The predicted octanol–water partition coefficient (Wildman–Crippen LogP) is 5.04. The highest BCUT2D eigenvalue weighted by atomic mass is 19.3. The van der Waals surface area contributed by atoms with Crippen molar-refractivity contribution in [3.8, 4) is 0 Å². The Morgan fingerprint density at radius 3 is 2.55 bits per heavy atom. The summed E-state index contributed by atoms with van der Waals surface area (Å²) in [5.41, 5.74) is 4.43. The molecule has 2 fully saturated rings. The van der Waals surface area contributed by atoms with Crippen LogP contribution in [0.2, 0.25) is 0 Å². The maximum absolute atomic E-state index is 13.6. The fourth-order valence-electron chi connectivity index (χ4n) is 4.93. The Kier molecular flexibility index (Phi) is 6.33. The van der Waals surface area contributed by atoms with Crippen molar-refractivity contribution in [3.63, 3.8) is 0 Å². The molecule has 0 aromatic carbocycles. The summed E-state index contributed by atoms with van der Waals surface area (Å²) in [6.07, 6.45) is 3.45. The van der Waals surface area contributed by atoms with E-state index in [1.165, 1.54) is 0 Å². The topological polar surface area (TPSA) is 55.6 Å². The first-order valence-corrected chi connectivity index (χ1v) is 11.5. The van der Waals surface area contributed by atoms with Crippen LogP contribution in [0.5, 0.6) is 0 Å². The molecule has 5 nitrogen and oxygen atoms in total. The maximum atomic E-state index is 13.6. The number of fused-ring (bicyclic) bond motifs is 1. The van der Waals surface area contributed by atoms with E-state index in [4.69, 9.17) is 9.72 Å². The van der Waals surface area contributed by atoms with Crippen molar-refractivity contribution in [2.45, 2.75) is 83.6 Å². The molecule has 2 aromatic rings. The van der Waals surface area contributed by atoms with Gasteiger partial charge in [0.05, 0.1) is 5.69 Å². The monoisotopic (exact) mass is 433 g/mol. The van der Waals surface area contributed by atoms with Gasteiger partial charge in [-0.2, -0.15) is 0 Å². The maximum Gasteiger partial charge on any atom is 0.251 e. The summed E-state index contributed by atoms with van der Waals surface area (Å²) in [7, 11) is 0. The fourth-order valence-corrected chi connectivity index (χ4v) is 4.93. The number of carbonyl (C=O) groups excluding carboxylic acids is 1. The van der Waals surface area contributed by atoms with Crippen LogP contribution in [0.25, 0.3) is 5.65 Å². The summed E-state index contributed by atoms with van der Waals surface area (Å²) in [6, 6.07) is 3.90. The summed E-state index contributed by atoms with van der Waals surface area (Å²) in [5.74, 6) is -2.13. The van der Waals surface area contributed by atoms with E-state index in [0.29, 0.717) is 31.6 Å². The van der Waals surface area contributed by atoms with Gasteiger partial charge < -0.3 is 14.5 Å². The molecule has 170 valence electrons. The second-order valence-electron chi connectivity index (χ2n) is 9.54. The number of hydrogen-bond donors (Lipinski definition) is 1. The van der Waals surface area contributed by atoms with Crippen molar-refractivity contribution in [3.05, 3.63) is 34.8 Å². The Morgan fingerprint density at radius 2 is 1.90 bits per heavy atom. The number of aromatic nitrogens is 2. The molecule has 0 atom stereocenters. The first-order valence-electron chi connectivity index (χ1n) is 11.5. The molecule has 1 saturated carbocycles. The van der Waals surface area contributed by atoms with Gasteiger partial charge in [0.1, 0.15) is 5.65 Å². The highest BCUT2D eigenvalue weighted by Crippen LogP contribution is 2.38. The van der Waals surface area contributed by atoms with Crippen molar-refractivity contribution in [1.82, 2.24) is 14.7 Å². The summed E-state index contributed by atoms with van der Waals surface area (Å²) in [4.78, 5) is 17.7. The molecule has 3 heterocycles. The molecule has 1 saturated heterocycles. The second kappa shape index (κ2) is 8.85. The number of ether oxygens (including phenoxy) is 1. The standard InChI is InChI=1S/C24H33F2N3O2/c1-15(2)22-20(13-17-4-8-24(25,26)9-5-17)29-16(3)12-18(14-21(29)28-22)23(30)27-19-6-10-31-11-7-19/h12,14-15,17,19H,4-11,13H2,1-3H3,(H,27,30). The van der Waals surface area contributed by atoms with E-state index in [2.05, 4.69) is 23.6 Å². The van der Waals surface area contributed by atoms with E-state index in [1.54, 1.807) is 0 Å². The number of pyridine rings is 1. The zero-order valence-corrected chi connectivity index (χ0v) is 18.7. The lowest BCUT2D eigenvalue weighted by Crippen LogP contribution is -2.38. The van der Waals surface area contributed by atoms with Gasteiger partial charge in [-0.3, -0.25) is 4.79 Å². The first-order chi connectivity index (χ1) is 14.7. The van der Waals surface area contributed by atoms with Gasteiger partial charge in [-0.15, -0.1) is 0 Å². The van der Waals surface area contributed by atoms with E-state index in [1.807, 2.05) is 19.1 Å². The third-order valence-electron chi connectivity index (χ3n) is 6.72. The molecule has 31 heavy (non-hydrogen) atoms. The normalized spacial score (nSPS) is 20.5. The molecule has 2 aliphatic rings. The van der Waals surface area contributed by atoms with Crippen molar-refractivity contribution in [1.29, 1.82) is 0 Å². The summed E-state index contributed by atoms with van der Waals surface area (Å²) in [6.45, 7) is 7.56. The zero-order valence-electron chi connectivity index (χ0n) is 18.7. The van der Waals surface area contributed by atoms with Gasteiger partial charge in [0.25, 0.3) is 5.91 Å². The molecule has 2 aromatic heterocycles. The van der Waals surface area contributed by atoms with Crippen LogP contribution in [0.4, 0.5) is 8.78 Å². The molecule has 0 bridgehead atoms. The predicted molar refractivity (Wildman–Crippen MR) is 116 cm³/mol. The van der Waals surface area contributed by atoms with Crippen LogP contribution in [-0.4, -0.2) is 40.5 Å². The van der Waals surface area contributed by atoms with E-state index < -0.39 is 5.92 Å². The van der Waals surface area contributed by atoms with Crippen LogP contribution in [-0.2, 0) is 11.2 Å². The van der Waals surface area contributed by atoms with Gasteiger partial charge in [0.15, 0.2) is 0 Å². The van der Waals surface area contributed by atoms with Gasteiger partial charge in [0.2, 0.25) is 5.92 Å². The minimum Gasteiger partial charge on any atom is -0.381 e. The lowest BCUT2D eigenvalue weighted by atomic mass is 9.83. The van der Waals surface area contributed by atoms with Gasteiger partial charge in [-0.05, 0) is 63.0 Å². The van der Waals surface area contributed by atoms with Crippen molar-refractivity contribution >= 4 is 11.6 Å². The highest BCUT2D eigenvalue weighted by Gasteiger charge is 2.35. The smallest absolute Gasteiger partial charge is 0.251 e. The van der Waals surface area contributed by atoms with Gasteiger partial charge >= 0.3 is 0 Å². The zero-order chi connectivity index (χ0) is 22.2. The van der Waals surface area contributed by atoms with E-state index in [0.717, 1.165) is 42.0 Å². The Bertz CT molecular complexity index is 938. The van der Waals surface area contributed by atoms with Crippen molar-refractivity contribution in [2.75, 3.05) is 13.2 Å². The summed E-state index contributed by atoms with van der Waals surface area (Å²) in [5, 5.41) is 3.12. The Morgan fingerprint density at radius 1 is 1.23 bits per heavy atom. The minimum atomic E-state index is -2.51. The van der Waals surface area contributed by atoms with Crippen molar-refractivity contribution < 1.29 is 18.3 Å². The van der Waals surface area contributed by atoms with Crippen molar-refractivity contribution in [2.24, 2.45) is 5.92 Å². The number of halogens is 2. The second-order valence-corrected chi connectivity index (χ2v) is 9.54. The van der Waals surface area contributed by atoms with Crippen LogP contribution in [0.3, 0.4) is 0 Å². The summed E-state index contributed by atoms with van der Waals surface area (Å²) >= 11 is 0. The number of aryl methyl sites for hydroxylation is 1. The minimum absolute atomic E-state index is 0.0269. The van der Waals surface area contributed by atoms with Crippen LogP contribution in [0.1, 0.15) is 85.7 Å². The van der Waals surface area contributed by atoms with Gasteiger partial charge in [0, 0.05) is 49.0 Å². The molecular weight excluding hydrogens is 400 g/mol. The molecule has 4 rings (SSSR count). The number of rotatable bonds is 5. The third kappa shape index (κ3) is 4.92. The molecule has 0 radical (unpaired) electrons. The van der Waals surface area contributed by atoms with E-state index in [9.17, 15) is 13.6 Å². The molecule has 1 aliphatic carbocycles. The number of nitrogens with one attached hydrogen (secondary N) is 1. The molecule has 1 aliphatic heterocycles. The molecule has 0 unspecified atom stereocenters. The largest absolute Gasteiger partial charge is 0.381 e. The quantitative estimate of drug-likeness (QED) is 0.719. The van der Waals surface area contributed by atoms with Crippen LogP contribution in [0, 0.1) is 12.8 Å². The van der Waals surface area contributed by atoms with Crippen LogP contribution < -0.4 is 5.32 Å². The van der Waals surface area contributed by atoms with Crippen LogP contribution in [0.15, 0.2) is 12.1 Å². The number of imidazole rings is 1. The Balaban J connectivity index is 1.60. The molecular formula is C24H33F2N3O2. The van der Waals surface area contributed by atoms with E-state index >= 15 is 0 Å². The third-order valence-corrected chi connectivity index (χ3v) is 6.72. The first kappa shape index (κ1) is 22.2. The lowest BCUT2D eigenvalue weighted by Gasteiger charge is -2.28. The van der Waals surface area contributed by atoms with Crippen LogP contribution >= 0.6 is 0 Å². The SMILES string of the molecule is Cc1cc(C(=O)NC2CCOCC2)cc2nc(C(C)C)c(CC3CCC(F)(F)CC3)n12. The Labute approximate surface area is 182 Å². The molecule has 7 heteroatoms. The highest BCUT2D eigenvalue weighted by molar-refractivity contribution is 5.95. The molecule has 1 amide bonds. The summed E-state index contributed by atoms with van der Waals surface area (Å²) < 4.78 is 34.7. The fraction of sp³-hybridized carbons (Fsp3) is 0.667. The number of carbonyl (C=O) groups is 1. The molecule has 1 N–H and O–H groups in total. The average molecular weight is 434 g/mol.